The molecule has 6 nitrogen and oxygen atoms in total. The number of likely N-dealkylation sites (tertiary alicyclic amines) is 1. The first-order valence-electron chi connectivity index (χ1n) is 7.70. The summed E-state index contributed by atoms with van der Waals surface area (Å²) in [4.78, 5) is 30.7. The number of carbonyl (C=O) groups excluding carboxylic acids is 2. The van der Waals surface area contributed by atoms with Crippen molar-refractivity contribution in [2.45, 2.75) is 32.3 Å². The van der Waals surface area contributed by atoms with Gasteiger partial charge < -0.3 is 15.3 Å². The zero-order valence-electron chi connectivity index (χ0n) is 12.7. The number of carbonyl (C=O) groups is 2. The normalized spacial score (nSPS) is 28.5. The predicted octanol–water partition coefficient (Wildman–Crippen LogP) is 0.493. The maximum absolute atomic E-state index is 12.7. The van der Waals surface area contributed by atoms with Crippen molar-refractivity contribution in [1.29, 1.82) is 0 Å². The SMILES string of the molecule is Cc1cncc(C(=O)N2CC[C@H](O)[C@@]3(CCCNC3=O)C2)c1. The van der Waals surface area contributed by atoms with Gasteiger partial charge in [0.05, 0.1) is 17.1 Å². The Labute approximate surface area is 129 Å². The molecule has 22 heavy (non-hydrogen) atoms. The van der Waals surface area contributed by atoms with Crippen LogP contribution in [-0.4, -0.2) is 52.5 Å². The second-order valence-corrected chi connectivity index (χ2v) is 6.30. The van der Waals surface area contributed by atoms with Crippen molar-refractivity contribution in [2.75, 3.05) is 19.6 Å². The number of amides is 2. The molecule has 3 rings (SSSR count). The molecule has 118 valence electrons. The molecule has 1 aromatic rings. The van der Waals surface area contributed by atoms with E-state index >= 15 is 0 Å². The van der Waals surface area contributed by atoms with E-state index in [1.807, 2.05) is 6.92 Å². The van der Waals surface area contributed by atoms with E-state index in [1.165, 1.54) is 0 Å². The van der Waals surface area contributed by atoms with Gasteiger partial charge in [0, 0.05) is 32.0 Å². The molecule has 0 aliphatic carbocycles. The maximum atomic E-state index is 12.7. The Balaban J connectivity index is 1.84. The number of aromatic nitrogens is 1. The molecule has 0 unspecified atom stereocenters. The number of pyridine rings is 1. The maximum Gasteiger partial charge on any atom is 0.255 e. The van der Waals surface area contributed by atoms with Gasteiger partial charge in [-0.3, -0.25) is 14.6 Å². The molecular formula is C16H21N3O3. The van der Waals surface area contributed by atoms with Crippen molar-refractivity contribution in [3.05, 3.63) is 29.6 Å². The van der Waals surface area contributed by atoms with E-state index in [-0.39, 0.29) is 18.4 Å². The third-order valence-electron chi connectivity index (χ3n) is 4.73. The Hall–Kier alpha value is -1.95. The van der Waals surface area contributed by atoms with Crippen LogP contribution in [0.25, 0.3) is 0 Å². The average molecular weight is 303 g/mol. The lowest BCUT2D eigenvalue weighted by Crippen LogP contribution is -2.62. The first-order valence-corrected chi connectivity index (χ1v) is 7.70. The van der Waals surface area contributed by atoms with E-state index in [9.17, 15) is 14.7 Å². The standard InChI is InChI=1S/C16H21N3O3/c1-11-7-12(9-17-8-11)14(21)19-6-3-13(20)16(10-19)4-2-5-18-15(16)22/h7-9,13,20H,2-6,10H2,1H3,(H,18,22)/t13-,16+/m0/s1. The summed E-state index contributed by atoms with van der Waals surface area (Å²) in [6.07, 6.45) is 4.44. The van der Waals surface area contributed by atoms with Crippen molar-refractivity contribution >= 4 is 11.8 Å². The quantitative estimate of drug-likeness (QED) is 0.791. The second-order valence-electron chi connectivity index (χ2n) is 6.30. The molecule has 1 spiro atoms. The molecule has 2 fully saturated rings. The molecule has 0 saturated carbocycles. The minimum absolute atomic E-state index is 0.124. The van der Waals surface area contributed by atoms with Gasteiger partial charge in [-0.1, -0.05) is 0 Å². The molecule has 0 bridgehead atoms. The summed E-state index contributed by atoms with van der Waals surface area (Å²) < 4.78 is 0. The zero-order valence-corrected chi connectivity index (χ0v) is 12.7. The van der Waals surface area contributed by atoms with Crippen LogP contribution in [0.15, 0.2) is 18.5 Å². The van der Waals surface area contributed by atoms with Crippen molar-refractivity contribution < 1.29 is 14.7 Å². The van der Waals surface area contributed by atoms with Gasteiger partial charge in [-0.15, -0.1) is 0 Å². The van der Waals surface area contributed by atoms with Crippen molar-refractivity contribution in [3.63, 3.8) is 0 Å². The molecule has 0 aromatic carbocycles. The number of nitrogens with zero attached hydrogens (tertiary/aromatic N) is 2. The van der Waals surface area contributed by atoms with Crippen LogP contribution in [0.5, 0.6) is 0 Å². The fourth-order valence-electron chi connectivity index (χ4n) is 3.47. The summed E-state index contributed by atoms with van der Waals surface area (Å²) in [7, 11) is 0. The first kappa shape index (κ1) is 15.0. The Morgan fingerprint density at radius 2 is 2.32 bits per heavy atom. The van der Waals surface area contributed by atoms with E-state index in [1.54, 1.807) is 23.4 Å². The molecule has 2 amide bonds. The largest absolute Gasteiger partial charge is 0.392 e. The summed E-state index contributed by atoms with van der Waals surface area (Å²) in [5, 5.41) is 13.2. The highest BCUT2D eigenvalue weighted by molar-refractivity contribution is 5.95. The summed E-state index contributed by atoms with van der Waals surface area (Å²) in [5.41, 5.74) is 0.597. The minimum Gasteiger partial charge on any atom is -0.392 e. The minimum atomic E-state index is -0.858. The Morgan fingerprint density at radius 3 is 3.05 bits per heavy atom. The van der Waals surface area contributed by atoms with E-state index in [0.29, 0.717) is 31.5 Å². The Kier molecular flexibility index (Phi) is 3.87. The average Bonchev–Trinajstić information content (AvgIpc) is 2.52. The lowest BCUT2D eigenvalue weighted by atomic mass is 9.71. The highest BCUT2D eigenvalue weighted by atomic mass is 16.3. The lowest BCUT2D eigenvalue weighted by molar-refractivity contribution is -0.147. The molecule has 6 heteroatoms. The van der Waals surface area contributed by atoms with Gasteiger partial charge in [-0.2, -0.15) is 0 Å². The summed E-state index contributed by atoms with van der Waals surface area (Å²) in [5.74, 6) is -0.257. The molecule has 2 atom stereocenters. The summed E-state index contributed by atoms with van der Waals surface area (Å²) in [6, 6.07) is 1.80. The van der Waals surface area contributed by atoms with Gasteiger partial charge in [0.25, 0.3) is 5.91 Å². The third-order valence-corrected chi connectivity index (χ3v) is 4.73. The number of hydrogen-bond acceptors (Lipinski definition) is 4. The zero-order chi connectivity index (χ0) is 15.7. The van der Waals surface area contributed by atoms with Crippen LogP contribution >= 0.6 is 0 Å². The summed E-state index contributed by atoms with van der Waals surface area (Å²) >= 11 is 0. The number of aryl methyl sites for hydroxylation is 1. The number of nitrogens with one attached hydrogen (secondary N) is 1. The Morgan fingerprint density at radius 1 is 1.50 bits per heavy atom. The topological polar surface area (TPSA) is 82.5 Å². The van der Waals surface area contributed by atoms with Gasteiger partial charge in [0.1, 0.15) is 0 Å². The van der Waals surface area contributed by atoms with Gasteiger partial charge >= 0.3 is 0 Å². The number of aliphatic hydroxyl groups excluding tert-OH is 1. The number of rotatable bonds is 1. The van der Waals surface area contributed by atoms with Gasteiger partial charge in [0.2, 0.25) is 5.91 Å². The van der Waals surface area contributed by atoms with Crippen molar-refractivity contribution in [1.82, 2.24) is 15.2 Å². The predicted molar refractivity (Wildman–Crippen MR) is 80.2 cm³/mol. The van der Waals surface area contributed by atoms with Crippen LogP contribution in [0.3, 0.4) is 0 Å². The van der Waals surface area contributed by atoms with Crippen molar-refractivity contribution in [3.8, 4) is 0 Å². The van der Waals surface area contributed by atoms with Gasteiger partial charge in [0.15, 0.2) is 0 Å². The lowest BCUT2D eigenvalue weighted by Gasteiger charge is -2.46. The van der Waals surface area contributed by atoms with Crippen LogP contribution in [0.4, 0.5) is 0 Å². The number of aliphatic hydroxyl groups is 1. The van der Waals surface area contributed by atoms with Crippen LogP contribution in [0.1, 0.15) is 35.2 Å². The fourth-order valence-corrected chi connectivity index (χ4v) is 3.47. The van der Waals surface area contributed by atoms with E-state index in [0.717, 1.165) is 12.0 Å². The molecule has 3 heterocycles. The molecule has 1 aromatic heterocycles. The molecule has 2 aliphatic rings. The third kappa shape index (κ3) is 2.47. The number of piperidine rings is 2. The van der Waals surface area contributed by atoms with E-state index in [4.69, 9.17) is 0 Å². The molecule has 0 radical (unpaired) electrons. The van der Waals surface area contributed by atoms with Crippen molar-refractivity contribution in [2.24, 2.45) is 5.41 Å². The number of hydrogen-bond donors (Lipinski definition) is 2. The van der Waals surface area contributed by atoms with Crippen LogP contribution in [-0.2, 0) is 4.79 Å². The highest BCUT2D eigenvalue weighted by Gasteiger charge is 2.50. The molecule has 2 saturated heterocycles. The van der Waals surface area contributed by atoms with Crippen LogP contribution in [0.2, 0.25) is 0 Å². The monoisotopic (exact) mass is 303 g/mol. The first-order chi connectivity index (χ1) is 10.5. The van der Waals surface area contributed by atoms with Crippen LogP contribution < -0.4 is 5.32 Å². The van der Waals surface area contributed by atoms with Crippen LogP contribution in [0, 0.1) is 12.3 Å². The molecular weight excluding hydrogens is 282 g/mol. The van der Waals surface area contributed by atoms with E-state index < -0.39 is 11.5 Å². The Bertz CT molecular complexity index is 604. The van der Waals surface area contributed by atoms with E-state index in [2.05, 4.69) is 10.3 Å². The van der Waals surface area contributed by atoms with Gasteiger partial charge in [-0.25, -0.2) is 0 Å². The van der Waals surface area contributed by atoms with Gasteiger partial charge in [-0.05, 0) is 37.8 Å². The second kappa shape index (κ2) is 5.68. The fraction of sp³-hybridized carbons (Fsp3) is 0.562. The smallest absolute Gasteiger partial charge is 0.255 e. The molecule has 2 aliphatic heterocycles. The molecule has 2 N–H and O–H groups in total. The highest BCUT2D eigenvalue weighted by Crippen LogP contribution is 2.37. The summed E-state index contributed by atoms with van der Waals surface area (Å²) in [6.45, 7) is 3.26.